The molecule has 0 saturated carbocycles. The molecule has 0 spiro atoms. The van der Waals surface area contributed by atoms with Crippen molar-refractivity contribution in [2.45, 2.75) is 19.4 Å². The Morgan fingerprint density at radius 3 is 2.82 bits per heavy atom. The van der Waals surface area contributed by atoms with Crippen LogP contribution in [0.1, 0.15) is 22.9 Å². The molecule has 1 aliphatic heterocycles. The van der Waals surface area contributed by atoms with Crippen LogP contribution in [0.15, 0.2) is 9.85 Å². The standard InChI is InChI=1S/C8H10BrNS/c1-5-4-7(11-8(5)9)6-2-3-10-6/h4,6,10H,2-3H2,1H3/t6-/m0/s1. The Morgan fingerprint density at radius 2 is 2.45 bits per heavy atom. The Hall–Kier alpha value is 0.140. The highest BCUT2D eigenvalue weighted by Crippen LogP contribution is 2.34. The summed E-state index contributed by atoms with van der Waals surface area (Å²) in [5.41, 5.74) is 1.36. The van der Waals surface area contributed by atoms with Crippen molar-refractivity contribution in [2.24, 2.45) is 0 Å². The van der Waals surface area contributed by atoms with Crippen molar-refractivity contribution in [1.29, 1.82) is 0 Å². The number of hydrogen-bond acceptors (Lipinski definition) is 2. The van der Waals surface area contributed by atoms with Gasteiger partial charge in [-0.1, -0.05) is 0 Å². The summed E-state index contributed by atoms with van der Waals surface area (Å²) in [5, 5.41) is 3.39. The molecule has 1 saturated heterocycles. The normalized spacial score (nSPS) is 23.3. The van der Waals surface area contributed by atoms with E-state index in [0.29, 0.717) is 6.04 Å². The van der Waals surface area contributed by atoms with Crippen LogP contribution in [-0.4, -0.2) is 6.54 Å². The summed E-state index contributed by atoms with van der Waals surface area (Å²) in [4.78, 5) is 1.47. The predicted molar refractivity (Wildman–Crippen MR) is 52.1 cm³/mol. The van der Waals surface area contributed by atoms with Crippen LogP contribution in [0.3, 0.4) is 0 Å². The van der Waals surface area contributed by atoms with Crippen molar-refractivity contribution in [3.05, 3.63) is 20.3 Å². The highest BCUT2D eigenvalue weighted by atomic mass is 79.9. The lowest BCUT2D eigenvalue weighted by atomic mass is 10.1. The molecule has 0 amide bonds. The lowest BCUT2D eigenvalue weighted by molar-refractivity contribution is 0.389. The SMILES string of the molecule is Cc1cc([C@@H]2CCN2)sc1Br. The lowest BCUT2D eigenvalue weighted by Crippen LogP contribution is -2.34. The van der Waals surface area contributed by atoms with Gasteiger partial charge in [-0.15, -0.1) is 11.3 Å². The van der Waals surface area contributed by atoms with E-state index in [2.05, 4.69) is 34.2 Å². The first-order valence-corrected chi connectivity index (χ1v) is 5.37. The van der Waals surface area contributed by atoms with E-state index in [9.17, 15) is 0 Å². The van der Waals surface area contributed by atoms with Gasteiger partial charge in [-0.05, 0) is 47.4 Å². The molecule has 1 aromatic heterocycles. The second-order valence-corrected chi connectivity index (χ2v) is 5.30. The summed E-state index contributed by atoms with van der Waals surface area (Å²) < 4.78 is 1.28. The minimum Gasteiger partial charge on any atom is -0.309 e. The van der Waals surface area contributed by atoms with Crippen LogP contribution < -0.4 is 5.32 Å². The summed E-state index contributed by atoms with van der Waals surface area (Å²) in [6.45, 7) is 3.32. The van der Waals surface area contributed by atoms with Crippen molar-refractivity contribution in [3.63, 3.8) is 0 Å². The molecular weight excluding hydrogens is 222 g/mol. The largest absolute Gasteiger partial charge is 0.309 e. The van der Waals surface area contributed by atoms with Gasteiger partial charge in [0, 0.05) is 10.9 Å². The van der Waals surface area contributed by atoms with E-state index in [1.807, 2.05) is 11.3 Å². The van der Waals surface area contributed by atoms with Crippen LogP contribution in [0, 0.1) is 6.92 Å². The van der Waals surface area contributed by atoms with Gasteiger partial charge in [0.1, 0.15) is 0 Å². The molecule has 3 heteroatoms. The first kappa shape index (κ1) is 7.77. The summed E-state index contributed by atoms with van der Waals surface area (Å²) in [6.07, 6.45) is 1.30. The van der Waals surface area contributed by atoms with Gasteiger partial charge in [0.15, 0.2) is 0 Å². The molecule has 1 nitrogen and oxygen atoms in total. The average Bonchev–Trinajstić information content (AvgIpc) is 2.08. The third-order valence-electron chi connectivity index (χ3n) is 2.04. The zero-order valence-corrected chi connectivity index (χ0v) is 8.76. The Labute approximate surface area is 78.9 Å². The summed E-state index contributed by atoms with van der Waals surface area (Å²) in [7, 11) is 0. The fourth-order valence-electron chi connectivity index (χ4n) is 1.19. The predicted octanol–water partition coefficient (Wildman–Crippen LogP) is 2.85. The van der Waals surface area contributed by atoms with E-state index >= 15 is 0 Å². The molecule has 11 heavy (non-hydrogen) atoms. The van der Waals surface area contributed by atoms with E-state index in [-0.39, 0.29) is 0 Å². The van der Waals surface area contributed by atoms with Crippen LogP contribution in [0.2, 0.25) is 0 Å². The molecule has 1 atom stereocenters. The molecular formula is C8H10BrNS. The number of aryl methyl sites for hydroxylation is 1. The number of hydrogen-bond donors (Lipinski definition) is 1. The minimum atomic E-state index is 0.644. The highest BCUT2D eigenvalue weighted by molar-refractivity contribution is 9.11. The topological polar surface area (TPSA) is 12.0 Å². The van der Waals surface area contributed by atoms with Gasteiger partial charge in [-0.2, -0.15) is 0 Å². The van der Waals surface area contributed by atoms with Crippen molar-refractivity contribution in [1.82, 2.24) is 5.32 Å². The van der Waals surface area contributed by atoms with E-state index in [4.69, 9.17) is 0 Å². The molecule has 0 aliphatic carbocycles. The minimum absolute atomic E-state index is 0.644. The van der Waals surface area contributed by atoms with Crippen molar-refractivity contribution >= 4 is 27.3 Å². The third kappa shape index (κ3) is 1.37. The van der Waals surface area contributed by atoms with Crippen molar-refractivity contribution < 1.29 is 0 Å². The van der Waals surface area contributed by atoms with Crippen LogP contribution in [0.25, 0.3) is 0 Å². The monoisotopic (exact) mass is 231 g/mol. The van der Waals surface area contributed by atoms with Gasteiger partial charge in [-0.25, -0.2) is 0 Å². The molecule has 60 valence electrons. The van der Waals surface area contributed by atoms with Gasteiger partial charge >= 0.3 is 0 Å². The maximum atomic E-state index is 3.53. The number of thiophene rings is 1. The Bertz CT molecular complexity index is 246. The first-order chi connectivity index (χ1) is 5.27. The zero-order valence-electron chi connectivity index (χ0n) is 6.36. The maximum Gasteiger partial charge on any atom is 0.0731 e. The summed E-state index contributed by atoms with van der Waals surface area (Å²) in [5.74, 6) is 0. The van der Waals surface area contributed by atoms with Gasteiger partial charge in [0.05, 0.1) is 3.79 Å². The van der Waals surface area contributed by atoms with Gasteiger partial charge in [0.25, 0.3) is 0 Å². The number of rotatable bonds is 1. The van der Waals surface area contributed by atoms with E-state index in [1.165, 1.54) is 27.2 Å². The fourth-order valence-corrected chi connectivity index (χ4v) is 2.87. The van der Waals surface area contributed by atoms with Gasteiger partial charge in [-0.3, -0.25) is 0 Å². The summed E-state index contributed by atoms with van der Waals surface area (Å²) in [6, 6.07) is 2.91. The van der Waals surface area contributed by atoms with Crippen molar-refractivity contribution in [2.75, 3.05) is 6.54 Å². The molecule has 0 bridgehead atoms. The number of nitrogens with one attached hydrogen (secondary N) is 1. The quantitative estimate of drug-likeness (QED) is 0.785. The number of halogens is 1. The zero-order chi connectivity index (χ0) is 7.84. The molecule has 0 aromatic carbocycles. The highest BCUT2D eigenvalue weighted by Gasteiger charge is 2.20. The molecule has 1 fully saturated rings. The van der Waals surface area contributed by atoms with E-state index in [1.54, 1.807) is 0 Å². The molecule has 1 aliphatic rings. The molecule has 1 N–H and O–H groups in total. The van der Waals surface area contributed by atoms with Crippen LogP contribution in [0.5, 0.6) is 0 Å². The Kier molecular flexibility index (Phi) is 2.04. The lowest BCUT2D eigenvalue weighted by Gasteiger charge is -2.26. The van der Waals surface area contributed by atoms with Crippen LogP contribution in [0.4, 0.5) is 0 Å². The van der Waals surface area contributed by atoms with Gasteiger partial charge < -0.3 is 5.32 Å². The second kappa shape index (κ2) is 2.88. The molecule has 2 rings (SSSR count). The van der Waals surface area contributed by atoms with Crippen LogP contribution >= 0.6 is 27.3 Å². The van der Waals surface area contributed by atoms with Gasteiger partial charge in [0.2, 0.25) is 0 Å². The maximum absolute atomic E-state index is 3.53. The Morgan fingerprint density at radius 1 is 1.73 bits per heavy atom. The average molecular weight is 232 g/mol. The first-order valence-electron chi connectivity index (χ1n) is 3.76. The van der Waals surface area contributed by atoms with E-state index in [0.717, 1.165) is 0 Å². The summed E-state index contributed by atoms with van der Waals surface area (Å²) >= 11 is 5.38. The molecule has 2 heterocycles. The second-order valence-electron chi connectivity index (χ2n) is 2.90. The Balaban J connectivity index is 2.24. The molecule has 1 aromatic rings. The van der Waals surface area contributed by atoms with Crippen LogP contribution in [-0.2, 0) is 0 Å². The van der Waals surface area contributed by atoms with E-state index < -0.39 is 0 Å². The fraction of sp³-hybridized carbons (Fsp3) is 0.500. The molecule has 0 radical (unpaired) electrons. The van der Waals surface area contributed by atoms with Crippen molar-refractivity contribution in [3.8, 4) is 0 Å². The molecule has 0 unspecified atom stereocenters. The third-order valence-corrected chi connectivity index (χ3v) is 4.29. The smallest absolute Gasteiger partial charge is 0.0731 e.